The number of aldehydes is 2. The van der Waals surface area contributed by atoms with Crippen LogP contribution in [0, 0.1) is 5.82 Å². The molecular formula is C19H25ClFN3O3S2. The van der Waals surface area contributed by atoms with Crippen LogP contribution in [0.2, 0.25) is 5.02 Å². The summed E-state index contributed by atoms with van der Waals surface area (Å²) in [6, 6.07) is 7.55. The molecule has 3 atom stereocenters. The summed E-state index contributed by atoms with van der Waals surface area (Å²) in [6.45, 7) is 4.00. The first kappa shape index (κ1) is 25.4. The second-order valence-electron chi connectivity index (χ2n) is 5.64. The molecule has 1 aliphatic rings. The Hall–Kier alpha value is -1.65. The molecule has 29 heavy (non-hydrogen) atoms. The number of likely N-dealkylation sites (N-methyl/N-ethyl adjacent to an activating group) is 1. The highest BCUT2D eigenvalue weighted by Crippen LogP contribution is 2.29. The van der Waals surface area contributed by atoms with Crippen molar-refractivity contribution in [2.45, 2.75) is 32.4 Å². The maximum atomic E-state index is 12.5. The number of hydrogen-bond acceptors (Lipinski definition) is 5. The third-order valence-corrected chi connectivity index (χ3v) is 6.62. The molecule has 3 rings (SSSR count). The molecule has 0 aliphatic carbocycles. The molecule has 10 heteroatoms. The smallest absolute Gasteiger partial charge is 0.170 e. The predicted molar refractivity (Wildman–Crippen MR) is 118 cm³/mol. The predicted octanol–water partition coefficient (Wildman–Crippen LogP) is 4.22. The van der Waals surface area contributed by atoms with Crippen molar-refractivity contribution in [3.8, 4) is 0 Å². The lowest BCUT2D eigenvalue weighted by molar-refractivity contribution is -0.111. The zero-order chi connectivity index (χ0) is 22.0. The van der Waals surface area contributed by atoms with Crippen molar-refractivity contribution in [3.63, 3.8) is 0 Å². The summed E-state index contributed by atoms with van der Waals surface area (Å²) < 4.78 is 28.6. The topological polar surface area (TPSA) is 78.5 Å². The fourth-order valence-corrected chi connectivity index (χ4v) is 4.51. The van der Waals surface area contributed by atoms with Crippen molar-refractivity contribution in [1.29, 1.82) is 0 Å². The molecule has 2 aromatic rings. The van der Waals surface area contributed by atoms with Gasteiger partial charge >= 0.3 is 0 Å². The van der Waals surface area contributed by atoms with Crippen LogP contribution in [0.3, 0.4) is 0 Å². The van der Waals surface area contributed by atoms with Crippen LogP contribution < -0.4 is 10.0 Å². The van der Waals surface area contributed by atoms with Crippen molar-refractivity contribution >= 4 is 52.4 Å². The molecule has 0 spiro atoms. The standard InChI is InChI=1S/C10H12N2O3S2.C7H7ClFN.C2H6/c1-12-7(5-13)4-9(11-17(12)15)10-3-2-8(6-14)16-10;1-10-5-2-3-7(9)6(8)4-5;1-2/h2-3,5-7,9,11H,4H2,1H3;2-4,10H,1H3;1-2H3. The minimum Gasteiger partial charge on any atom is -0.388 e. The second kappa shape index (κ2) is 12.8. The van der Waals surface area contributed by atoms with E-state index in [0.717, 1.165) is 23.1 Å². The molecule has 2 N–H and O–H groups in total. The molecule has 0 saturated carbocycles. The molecule has 0 bridgehead atoms. The molecule has 1 aromatic carbocycles. The van der Waals surface area contributed by atoms with E-state index >= 15 is 0 Å². The molecule has 3 unspecified atom stereocenters. The van der Waals surface area contributed by atoms with Gasteiger partial charge < -0.3 is 10.1 Å². The summed E-state index contributed by atoms with van der Waals surface area (Å²) in [4.78, 5) is 23.1. The van der Waals surface area contributed by atoms with Gasteiger partial charge in [-0.25, -0.2) is 17.6 Å². The lowest BCUT2D eigenvalue weighted by Crippen LogP contribution is -2.48. The van der Waals surface area contributed by atoms with E-state index in [4.69, 9.17) is 11.6 Å². The minimum absolute atomic E-state index is 0.138. The lowest BCUT2D eigenvalue weighted by atomic mass is 10.1. The Labute approximate surface area is 182 Å². The number of benzene rings is 1. The van der Waals surface area contributed by atoms with Gasteiger partial charge in [-0.1, -0.05) is 25.4 Å². The summed E-state index contributed by atoms with van der Waals surface area (Å²) in [5, 5.41) is 2.99. The summed E-state index contributed by atoms with van der Waals surface area (Å²) in [5.74, 6) is -0.388. The highest BCUT2D eigenvalue weighted by Gasteiger charge is 2.32. The van der Waals surface area contributed by atoms with Crippen LogP contribution in [0.1, 0.15) is 40.9 Å². The number of halogens is 2. The molecule has 6 nitrogen and oxygen atoms in total. The van der Waals surface area contributed by atoms with Gasteiger partial charge in [0.25, 0.3) is 0 Å². The summed E-state index contributed by atoms with van der Waals surface area (Å²) in [5.41, 5.74) is 0.811. The number of hydrogen-bond donors (Lipinski definition) is 2. The first-order chi connectivity index (χ1) is 13.9. The Balaban J connectivity index is 0.000000299. The van der Waals surface area contributed by atoms with E-state index in [-0.39, 0.29) is 22.9 Å². The van der Waals surface area contributed by atoms with Gasteiger partial charge in [0.1, 0.15) is 12.1 Å². The third kappa shape index (κ3) is 7.27. The van der Waals surface area contributed by atoms with Gasteiger partial charge in [-0.05, 0) is 36.8 Å². The SMILES string of the molecule is CC.CN1C(C=O)CC(c2ccc(C=O)s2)NS1=O.CNc1ccc(F)c(Cl)c1. The normalized spacial score (nSPS) is 21.1. The Morgan fingerprint density at radius 2 is 2.00 bits per heavy atom. The Morgan fingerprint density at radius 3 is 2.52 bits per heavy atom. The van der Waals surface area contributed by atoms with Crippen molar-refractivity contribution in [2.75, 3.05) is 19.4 Å². The van der Waals surface area contributed by atoms with Crippen LogP contribution in [0.5, 0.6) is 0 Å². The molecule has 0 radical (unpaired) electrons. The average molecular weight is 462 g/mol. The van der Waals surface area contributed by atoms with Crippen molar-refractivity contribution < 1.29 is 18.2 Å². The Morgan fingerprint density at radius 1 is 1.31 bits per heavy atom. The van der Waals surface area contributed by atoms with E-state index in [1.165, 1.54) is 27.8 Å². The maximum Gasteiger partial charge on any atom is 0.170 e. The Kier molecular flexibility index (Phi) is 11.2. The summed E-state index contributed by atoms with van der Waals surface area (Å²) in [6.07, 6.45) is 2.15. The molecular weight excluding hydrogens is 437 g/mol. The van der Waals surface area contributed by atoms with Gasteiger partial charge in [-0.15, -0.1) is 11.3 Å². The summed E-state index contributed by atoms with van der Waals surface area (Å²) >= 11 is 5.47. The monoisotopic (exact) mass is 461 g/mol. The first-order valence-corrected chi connectivity index (χ1v) is 11.2. The first-order valence-electron chi connectivity index (χ1n) is 8.93. The molecule has 1 aliphatic heterocycles. The maximum absolute atomic E-state index is 12.5. The second-order valence-corrected chi connectivity index (χ2v) is 8.51. The third-order valence-electron chi connectivity index (χ3n) is 3.92. The molecule has 1 fully saturated rings. The molecule has 160 valence electrons. The van der Waals surface area contributed by atoms with Gasteiger partial charge in [0, 0.05) is 24.7 Å². The quantitative estimate of drug-likeness (QED) is 0.668. The van der Waals surface area contributed by atoms with Gasteiger partial charge in [0.05, 0.1) is 22.0 Å². The molecule has 1 saturated heterocycles. The highest BCUT2D eigenvalue weighted by atomic mass is 35.5. The summed E-state index contributed by atoms with van der Waals surface area (Å²) in [7, 11) is 3.40. The number of nitrogens with one attached hydrogen (secondary N) is 2. The number of nitrogens with zero attached hydrogens (tertiary/aromatic N) is 1. The Bertz CT molecular complexity index is 835. The van der Waals surface area contributed by atoms with Crippen LogP contribution in [-0.4, -0.2) is 41.2 Å². The number of anilines is 1. The van der Waals surface area contributed by atoms with Gasteiger partial charge in [-0.2, -0.15) is 0 Å². The number of thiophene rings is 1. The lowest BCUT2D eigenvalue weighted by Gasteiger charge is -2.32. The van der Waals surface area contributed by atoms with Crippen LogP contribution in [0.25, 0.3) is 0 Å². The van der Waals surface area contributed by atoms with E-state index in [1.807, 2.05) is 19.9 Å². The van der Waals surface area contributed by atoms with Gasteiger partial charge in [0.15, 0.2) is 17.5 Å². The largest absolute Gasteiger partial charge is 0.388 e. The van der Waals surface area contributed by atoms with Crippen LogP contribution in [0.4, 0.5) is 10.1 Å². The zero-order valence-electron chi connectivity index (χ0n) is 16.6. The minimum atomic E-state index is -1.37. The van der Waals surface area contributed by atoms with E-state index in [1.54, 1.807) is 26.2 Å². The number of carbonyl (C=O) groups excluding carboxylic acids is 2. The van der Waals surface area contributed by atoms with E-state index in [9.17, 15) is 18.2 Å². The number of carbonyl (C=O) groups is 2. The van der Waals surface area contributed by atoms with E-state index in [2.05, 4.69) is 10.0 Å². The average Bonchev–Trinajstić information content (AvgIpc) is 3.23. The number of rotatable bonds is 4. The van der Waals surface area contributed by atoms with Crippen LogP contribution in [-0.2, 0) is 16.0 Å². The van der Waals surface area contributed by atoms with E-state index in [0.29, 0.717) is 11.3 Å². The fraction of sp³-hybridized carbons (Fsp3) is 0.368. The molecule has 1 aromatic heterocycles. The van der Waals surface area contributed by atoms with Crippen molar-refractivity contribution in [2.24, 2.45) is 0 Å². The zero-order valence-corrected chi connectivity index (χ0v) is 19.0. The van der Waals surface area contributed by atoms with Gasteiger partial charge in [0.2, 0.25) is 0 Å². The molecule has 2 heterocycles. The highest BCUT2D eigenvalue weighted by molar-refractivity contribution is 7.80. The van der Waals surface area contributed by atoms with Crippen molar-refractivity contribution in [1.82, 2.24) is 9.03 Å². The fourth-order valence-electron chi connectivity index (χ4n) is 2.35. The van der Waals surface area contributed by atoms with Crippen LogP contribution >= 0.6 is 22.9 Å². The van der Waals surface area contributed by atoms with Crippen molar-refractivity contribution in [3.05, 3.63) is 50.9 Å². The van der Waals surface area contributed by atoms with Gasteiger partial charge in [-0.3, -0.25) is 4.79 Å². The van der Waals surface area contributed by atoms with E-state index < -0.39 is 11.2 Å². The van der Waals surface area contributed by atoms with Crippen LogP contribution in [0.15, 0.2) is 30.3 Å². The molecule has 0 amide bonds.